The highest BCUT2D eigenvalue weighted by Crippen LogP contribution is 2.27. The van der Waals surface area contributed by atoms with E-state index >= 15 is 0 Å². The number of rotatable bonds is 4. The first-order valence-electron chi connectivity index (χ1n) is 9.31. The van der Waals surface area contributed by atoms with Crippen LogP contribution < -0.4 is 5.32 Å². The summed E-state index contributed by atoms with van der Waals surface area (Å²) in [6, 6.07) is 7.63. The monoisotopic (exact) mass is 428 g/mol. The van der Waals surface area contributed by atoms with Gasteiger partial charge in [-0.25, -0.2) is 0 Å². The average molecular weight is 429 g/mol. The predicted molar refractivity (Wildman–Crippen MR) is 112 cm³/mol. The highest BCUT2D eigenvalue weighted by atomic mass is 32.1. The van der Waals surface area contributed by atoms with Gasteiger partial charge in [-0.15, -0.1) is 15.3 Å². The van der Waals surface area contributed by atoms with Gasteiger partial charge in [0.25, 0.3) is 5.91 Å². The molecule has 1 saturated heterocycles. The maximum atomic E-state index is 12.7. The molecule has 29 heavy (non-hydrogen) atoms. The van der Waals surface area contributed by atoms with Crippen LogP contribution in [0.2, 0.25) is 0 Å². The molecule has 0 unspecified atom stereocenters. The van der Waals surface area contributed by atoms with Gasteiger partial charge in [0.15, 0.2) is 0 Å². The van der Waals surface area contributed by atoms with Crippen molar-refractivity contribution in [3.63, 3.8) is 0 Å². The number of aromatic nitrogens is 4. The van der Waals surface area contributed by atoms with E-state index in [4.69, 9.17) is 0 Å². The lowest BCUT2D eigenvalue weighted by molar-refractivity contribution is -0.121. The number of likely N-dealkylation sites (tertiary alicyclic amines) is 1. The van der Waals surface area contributed by atoms with E-state index in [2.05, 4.69) is 25.1 Å². The molecule has 1 fully saturated rings. The lowest BCUT2D eigenvalue weighted by Crippen LogP contribution is -2.41. The van der Waals surface area contributed by atoms with Crippen LogP contribution in [0.25, 0.3) is 10.6 Å². The molecule has 3 aromatic rings. The number of nitrogens with one attached hydrogen (secondary N) is 1. The number of piperidine rings is 1. The van der Waals surface area contributed by atoms with Gasteiger partial charge in [0, 0.05) is 30.3 Å². The smallest absolute Gasteiger partial charge is 0.267 e. The molecule has 0 saturated carbocycles. The van der Waals surface area contributed by atoms with E-state index in [1.807, 2.05) is 31.2 Å². The van der Waals surface area contributed by atoms with E-state index in [1.165, 1.54) is 11.3 Å². The highest BCUT2D eigenvalue weighted by molar-refractivity contribution is 7.14. The second-order valence-electron chi connectivity index (χ2n) is 6.95. The van der Waals surface area contributed by atoms with Gasteiger partial charge in [-0.2, -0.15) is 0 Å². The van der Waals surface area contributed by atoms with Crippen molar-refractivity contribution in [2.75, 3.05) is 18.4 Å². The molecule has 0 aliphatic carbocycles. The lowest BCUT2D eigenvalue weighted by Gasteiger charge is -2.31. The van der Waals surface area contributed by atoms with Gasteiger partial charge >= 0.3 is 0 Å². The standard InChI is InChI=1S/C19H20N6O2S2/c1-11-16(29-24-21-11)19(27)25-8-6-13(7-9-25)17(26)20-15-5-3-4-14(10-15)18-23-22-12(2)28-18/h3-5,10,13H,6-9H2,1-2H3,(H,20,26). The number of carbonyl (C=O) groups is 2. The van der Waals surface area contributed by atoms with E-state index in [9.17, 15) is 9.59 Å². The second-order valence-corrected chi connectivity index (χ2v) is 8.89. The molecule has 1 N–H and O–H groups in total. The maximum Gasteiger partial charge on any atom is 0.267 e. The fraction of sp³-hybridized carbons (Fsp3) is 0.368. The van der Waals surface area contributed by atoms with Gasteiger partial charge in [0.2, 0.25) is 5.91 Å². The van der Waals surface area contributed by atoms with Crippen molar-refractivity contribution in [3.05, 3.63) is 39.8 Å². The minimum Gasteiger partial charge on any atom is -0.338 e. The Morgan fingerprint density at radius 1 is 1.14 bits per heavy atom. The van der Waals surface area contributed by atoms with Crippen molar-refractivity contribution in [1.29, 1.82) is 0 Å². The first-order valence-corrected chi connectivity index (χ1v) is 10.9. The fourth-order valence-corrected chi connectivity index (χ4v) is 4.62. The van der Waals surface area contributed by atoms with Crippen LogP contribution >= 0.6 is 22.9 Å². The Morgan fingerprint density at radius 3 is 2.59 bits per heavy atom. The number of nitrogens with zero attached hydrogens (tertiary/aromatic N) is 5. The van der Waals surface area contributed by atoms with Crippen molar-refractivity contribution in [2.24, 2.45) is 5.92 Å². The van der Waals surface area contributed by atoms with Crippen molar-refractivity contribution in [3.8, 4) is 10.6 Å². The molecule has 150 valence electrons. The lowest BCUT2D eigenvalue weighted by atomic mass is 9.95. The number of hydrogen-bond acceptors (Lipinski definition) is 8. The number of benzene rings is 1. The third-order valence-electron chi connectivity index (χ3n) is 4.90. The van der Waals surface area contributed by atoms with E-state index in [1.54, 1.807) is 11.8 Å². The van der Waals surface area contributed by atoms with Crippen LogP contribution in [0.3, 0.4) is 0 Å². The number of amides is 2. The molecule has 0 spiro atoms. The molecule has 8 nitrogen and oxygen atoms in total. The molecule has 2 amide bonds. The molecule has 10 heteroatoms. The number of anilines is 1. The van der Waals surface area contributed by atoms with Crippen molar-refractivity contribution < 1.29 is 9.59 Å². The minimum atomic E-state index is -0.118. The van der Waals surface area contributed by atoms with Crippen LogP contribution in [0.15, 0.2) is 24.3 Å². The summed E-state index contributed by atoms with van der Waals surface area (Å²) in [4.78, 5) is 27.7. The zero-order chi connectivity index (χ0) is 20.4. The van der Waals surface area contributed by atoms with Crippen molar-refractivity contribution >= 4 is 40.4 Å². The second kappa shape index (κ2) is 8.34. The SMILES string of the molecule is Cc1nnc(-c2cccc(NC(=O)C3CCN(C(=O)c4snnc4C)CC3)c2)s1. The Balaban J connectivity index is 1.36. The molecule has 1 aliphatic heterocycles. The van der Waals surface area contributed by atoms with Crippen LogP contribution in [0, 0.1) is 19.8 Å². The molecule has 3 heterocycles. The quantitative estimate of drug-likeness (QED) is 0.685. The fourth-order valence-electron chi connectivity index (χ4n) is 3.30. The van der Waals surface area contributed by atoms with E-state index < -0.39 is 0 Å². The minimum absolute atomic E-state index is 0.0154. The van der Waals surface area contributed by atoms with Crippen LogP contribution in [0.5, 0.6) is 0 Å². The van der Waals surface area contributed by atoms with E-state index in [-0.39, 0.29) is 17.7 Å². The summed E-state index contributed by atoms with van der Waals surface area (Å²) in [5.41, 5.74) is 2.33. The normalized spacial score (nSPS) is 14.8. The van der Waals surface area contributed by atoms with E-state index in [0.29, 0.717) is 36.5 Å². The first-order chi connectivity index (χ1) is 14.0. The summed E-state index contributed by atoms with van der Waals surface area (Å²) in [5.74, 6) is -0.179. The molecular weight excluding hydrogens is 408 g/mol. The summed E-state index contributed by atoms with van der Waals surface area (Å²) < 4.78 is 3.83. The Labute approximate surface area is 176 Å². The number of aryl methyl sites for hydroxylation is 2. The molecular formula is C19H20N6O2S2. The zero-order valence-electron chi connectivity index (χ0n) is 16.1. The summed E-state index contributed by atoms with van der Waals surface area (Å²) in [6.07, 6.45) is 1.27. The van der Waals surface area contributed by atoms with Gasteiger partial charge in [0.05, 0.1) is 5.69 Å². The van der Waals surface area contributed by atoms with Gasteiger partial charge in [-0.05, 0) is 50.4 Å². The molecule has 1 aliphatic rings. The summed E-state index contributed by atoms with van der Waals surface area (Å²) >= 11 is 2.64. The van der Waals surface area contributed by atoms with Gasteiger partial charge in [0.1, 0.15) is 14.9 Å². The topological polar surface area (TPSA) is 101 Å². The number of hydrogen-bond donors (Lipinski definition) is 1. The Morgan fingerprint density at radius 2 is 1.93 bits per heavy atom. The Bertz CT molecular complexity index is 1040. The average Bonchev–Trinajstić information content (AvgIpc) is 3.36. The molecule has 0 bridgehead atoms. The Hall–Kier alpha value is -2.72. The predicted octanol–water partition coefficient (Wildman–Crippen LogP) is 3.16. The summed E-state index contributed by atoms with van der Waals surface area (Å²) in [6.45, 7) is 4.81. The largest absolute Gasteiger partial charge is 0.338 e. The molecule has 0 radical (unpaired) electrons. The Kier molecular flexibility index (Phi) is 5.63. The van der Waals surface area contributed by atoms with Crippen LogP contribution in [-0.4, -0.2) is 49.6 Å². The molecule has 2 aromatic heterocycles. The van der Waals surface area contributed by atoms with Gasteiger partial charge < -0.3 is 10.2 Å². The van der Waals surface area contributed by atoms with Gasteiger partial charge in [-0.1, -0.05) is 28.0 Å². The first kappa shape index (κ1) is 19.6. The molecule has 0 atom stereocenters. The number of carbonyl (C=O) groups excluding carboxylic acids is 2. The highest BCUT2D eigenvalue weighted by Gasteiger charge is 2.29. The summed E-state index contributed by atoms with van der Waals surface area (Å²) in [7, 11) is 0. The van der Waals surface area contributed by atoms with Crippen LogP contribution in [0.4, 0.5) is 5.69 Å². The third-order valence-corrected chi connectivity index (χ3v) is 6.61. The molecule has 4 rings (SSSR count). The van der Waals surface area contributed by atoms with Gasteiger partial charge in [-0.3, -0.25) is 9.59 Å². The summed E-state index contributed by atoms with van der Waals surface area (Å²) in [5, 5.41) is 16.8. The molecule has 1 aromatic carbocycles. The van der Waals surface area contributed by atoms with Crippen LogP contribution in [-0.2, 0) is 4.79 Å². The van der Waals surface area contributed by atoms with Crippen molar-refractivity contribution in [2.45, 2.75) is 26.7 Å². The van der Waals surface area contributed by atoms with E-state index in [0.717, 1.165) is 32.8 Å². The van der Waals surface area contributed by atoms with Crippen molar-refractivity contribution in [1.82, 2.24) is 24.7 Å². The third kappa shape index (κ3) is 4.33. The van der Waals surface area contributed by atoms with Crippen LogP contribution in [0.1, 0.15) is 33.2 Å². The maximum absolute atomic E-state index is 12.7. The zero-order valence-corrected chi connectivity index (χ0v) is 17.7.